The molecule has 0 bridgehead atoms. The van der Waals surface area contributed by atoms with E-state index in [1.165, 1.54) is 0 Å². The van der Waals surface area contributed by atoms with E-state index in [-0.39, 0.29) is 6.04 Å². The van der Waals surface area contributed by atoms with Gasteiger partial charge in [-0.3, -0.25) is 0 Å². The summed E-state index contributed by atoms with van der Waals surface area (Å²) in [5, 5.41) is 4.69. The molecule has 0 spiro atoms. The molecule has 3 nitrogen and oxygen atoms in total. The van der Waals surface area contributed by atoms with Gasteiger partial charge in [-0.1, -0.05) is 39.8 Å². The van der Waals surface area contributed by atoms with Crippen LogP contribution in [0, 0.1) is 5.92 Å². The second kappa shape index (κ2) is 7.51. The van der Waals surface area contributed by atoms with Crippen molar-refractivity contribution < 1.29 is 9.15 Å². The average molecular weight is 289 g/mol. The lowest BCUT2D eigenvalue weighted by atomic mass is 10.0. The lowest BCUT2D eigenvalue weighted by molar-refractivity contribution is 0.310. The number of benzene rings is 1. The van der Waals surface area contributed by atoms with Crippen LogP contribution in [0.15, 0.2) is 28.7 Å². The van der Waals surface area contributed by atoms with Gasteiger partial charge in [0, 0.05) is 5.39 Å². The molecular formula is C18H27NO2. The monoisotopic (exact) mass is 289 g/mol. The molecule has 0 aliphatic rings. The van der Waals surface area contributed by atoms with E-state index in [0.29, 0.717) is 5.92 Å². The molecule has 0 aliphatic heterocycles. The summed E-state index contributed by atoms with van der Waals surface area (Å²) >= 11 is 0. The summed E-state index contributed by atoms with van der Waals surface area (Å²) in [5.74, 6) is 2.33. The van der Waals surface area contributed by atoms with Crippen molar-refractivity contribution in [3.63, 3.8) is 0 Å². The second-order valence-corrected chi connectivity index (χ2v) is 5.85. The first-order valence-corrected chi connectivity index (χ1v) is 8.06. The van der Waals surface area contributed by atoms with Gasteiger partial charge >= 0.3 is 0 Å². The highest BCUT2D eigenvalue weighted by molar-refractivity contribution is 5.83. The fraction of sp³-hybridized carbons (Fsp3) is 0.556. The summed E-state index contributed by atoms with van der Waals surface area (Å²) in [4.78, 5) is 0. The Morgan fingerprint density at radius 2 is 2.00 bits per heavy atom. The largest absolute Gasteiger partial charge is 0.490 e. The van der Waals surface area contributed by atoms with E-state index in [1.807, 2.05) is 12.1 Å². The Labute approximate surface area is 127 Å². The zero-order valence-electron chi connectivity index (χ0n) is 13.6. The molecular weight excluding hydrogens is 262 g/mol. The summed E-state index contributed by atoms with van der Waals surface area (Å²) in [6.07, 6.45) is 2.12. The van der Waals surface area contributed by atoms with Crippen LogP contribution in [-0.4, -0.2) is 13.2 Å². The van der Waals surface area contributed by atoms with E-state index < -0.39 is 0 Å². The number of rotatable bonds is 8. The molecule has 1 aromatic carbocycles. The molecule has 0 amide bonds. The summed E-state index contributed by atoms with van der Waals surface area (Å²) in [6, 6.07) is 8.47. The van der Waals surface area contributed by atoms with E-state index in [9.17, 15) is 0 Å². The van der Waals surface area contributed by atoms with Crippen molar-refractivity contribution in [1.29, 1.82) is 0 Å². The van der Waals surface area contributed by atoms with Crippen LogP contribution in [-0.2, 0) is 0 Å². The van der Waals surface area contributed by atoms with Crippen LogP contribution in [0.1, 0.15) is 52.3 Å². The van der Waals surface area contributed by atoms with Crippen molar-refractivity contribution in [2.75, 3.05) is 13.2 Å². The molecule has 0 saturated heterocycles. The van der Waals surface area contributed by atoms with Gasteiger partial charge in [0.1, 0.15) is 5.76 Å². The zero-order valence-corrected chi connectivity index (χ0v) is 13.6. The van der Waals surface area contributed by atoms with E-state index in [2.05, 4.69) is 45.1 Å². The Bertz CT molecular complexity index is 559. The Morgan fingerprint density at radius 1 is 1.19 bits per heavy atom. The number of ether oxygens (including phenoxy) is 1. The van der Waals surface area contributed by atoms with Gasteiger partial charge in [-0.15, -0.1) is 0 Å². The summed E-state index contributed by atoms with van der Waals surface area (Å²) in [7, 11) is 0. The number of furan rings is 1. The van der Waals surface area contributed by atoms with Crippen molar-refractivity contribution in [3.8, 4) is 5.75 Å². The minimum absolute atomic E-state index is 0.247. The molecule has 2 rings (SSSR count). The third-order valence-electron chi connectivity index (χ3n) is 3.58. The van der Waals surface area contributed by atoms with Crippen LogP contribution in [0.4, 0.5) is 0 Å². The standard InChI is InChI=1S/C18H27NO2/c1-5-10-19-17(13(3)4)16-12-14-8-7-9-15(18(14)21-16)20-11-6-2/h7-9,12-13,17,19H,5-6,10-11H2,1-4H3. The van der Waals surface area contributed by atoms with Gasteiger partial charge in [0.2, 0.25) is 0 Å². The quantitative estimate of drug-likeness (QED) is 0.749. The molecule has 0 aliphatic carbocycles. The molecule has 1 unspecified atom stereocenters. The van der Waals surface area contributed by atoms with E-state index in [0.717, 1.165) is 48.5 Å². The molecule has 0 radical (unpaired) electrons. The van der Waals surface area contributed by atoms with Crippen molar-refractivity contribution >= 4 is 11.0 Å². The molecule has 1 aromatic heterocycles. The molecule has 21 heavy (non-hydrogen) atoms. The third-order valence-corrected chi connectivity index (χ3v) is 3.58. The molecule has 0 fully saturated rings. The topological polar surface area (TPSA) is 34.4 Å². The maximum absolute atomic E-state index is 6.13. The molecule has 1 N–H and O–H groups in total. The van der Waals surface area contributed by atoms with Crippen molar-refractivity contribution in [3.05, 3.63) is 30.0 Å². The first kappa shape index (κ1) is 15.9. The maximum Gasteiger partial charge on any atom is 0.176 e. The van der Waals surface area contributed by atoms with Crippen LogP contribution in [0.3, 0.4) is 0 Å². The van der Waals surface area contributed by atoms with Gasteiger partial charge in [0.15, 0.2) is 11.3 Å². The number of nitrogens with one attached hydrogen (secondary N) is 1. The Morgan fingerprint density at radius 3 is 2.67 bits per heavy atom. The summed E-state index contributed by atoms with van der Waals surface area (Å²) in [6.45, 7) is 10.4. The Kier molecular flexibility index (Phi) is 5.68. The van der Waals surface area contributed by atoms with Gasteiger partial charge in [-0.2, -0.15) is 0 Å². The highest BCUT2D eigenvalue weighted by Crippen LogP contribution is 2.33. The van der Waals surface area contributed by atoms with Crippen LogP contribution >= 0.6 is 0 Å². The predicted octanol–water partition coefficient (Wildman–Crippen LogP) is 4.92. The number of para-hydroxylation sites is 1. The third kappa shape index (κ3) is 3.79. The van der Waals surface area contributed by atoms with Gasteiger partial charge in [-0.05, 0) is 37.4 Å². The normalized spacial score (nSPS) is 13.0. The molecule has 3 heteroatoms. The fourth-order valence-electron chi connectivity index (χ4n) is 2.50. The second-order valence-electron chi connectivity index (χ2n) is 5.85. The Hall–Kier alpha value is -1.48. The number of fused-ring (bicyclic) bond motifs is 1. The van der Waals surface area contributed by atoms with Gasteiger partial charge in [0.05, 0.1) is 12.6 Å². The predicted molar refractivity (Wildman–Crippen MR) is 87.9 cm³/mol. The fourth-order valence-corrected chi connectivity index (χ4v) is 2.50. The zero-order chi connectivity index (χ0) is 15.2. The first-order chi connectivity index (χ1) is 10.2. The van der Waals surface area contributed by atoms with Crippen LogP contribution in [0.5, 0.6) is 5.75 Å². The van der Waals surface area contributed by atoms with Crippen molar-refractivity contribution in [1.82, 2.24) is 5.32 Å². The Balaban J connectivity index is 2.31. The van der Waals surface area contributed by atoms with Crippen molar-refractivity contribution in [2.45, 2.75) is 46.6 Å². The van der Waals surface area contributed by atoms with Gasteiger partial charge in [-0.25, -0.2) is 0 Å². The smallest absolute Gasteiger partial charge is 0.176 e. The maximum atomic E-state index is 6.13. The van der Waals surface area contributed by atoms with E-state index in [4.69, 9.17) is 9.15 Å². The van der Waals surface area contributed by atoms with Crippen molar-refractivity contribution in [2.24, 2.45) is 5.92 Å². The molecule has 0 saturated carbocycles. The van der Waals surface area contributed by atoms with Crippen LogP contribution < -0.4 is 10.1 Å². The van der Waals surface area contributed by atoms with Gasteiger partial charge in [0.25, 0.3) is 0 Å². The minimum atomic E-state index is 0.247. The number of hydrogen-bond acceptors (Lipinski definition) is 3. The van der Waals surface area contributed by atoms with Crippen LogP contribution in [0.2, 0.25) is 0 Å². The average Bonchev–Trinajstić information content (AvgIpc) is 2.89. The molecule has 2 aromatic rings. The van der Waals surface area contributed by atoms with E-state index in [1.54, 1.807) is 0 Å². The molecule has 1 atom stereocenters. The minimum Gasteiger partial charge on any atom is -0.490 e. The lowest BCUT2D eigenvalue weighted by Crippen LogP contribution is -2.25. The summed E-state index contributed by atoms with van der Waals surface area (Å²) in [5.41, 5.74) is 0.866. The molecule has 116 valence electrons. The summed E-state index contributed by atoms with van der Waals surface area (Å²) < 4.78 is 11.9. The number of hydrogen-bond donors (Lipinski definition) is 1. The molecule has 1 heterocycles. The lowest BCUT2D eigenvalue weighted by Gasteiger charge is -2.19. The van der Waals surface area contributed by atoms with Gasteiger partial charge < -0.3 is 14.5 Å². The van der Waals surface area contributed by atoms with Crippen LogP contribution in [0.25, 0.3) is 11.0 Å². The van der Waals surface area contributed by atoms with E-state index >= 15 is 0 Å². The SMILES string of the molecule is CCCNC(c1cc2cccc(OCCC)c2o1)C(C)C. The first-order valence-electron chi connectivity index (χ1n) is 8.06. The highest BCUT2D eigenvalue weighted by atomic mass is 16.5. The highest BCUT2D eigenvalue weighted by Gasteiger charge is 2.20.